The first-order chi connectivity index (χ1) is 9.72. The van der Waals surface area contributed by atoms with Gasteiger partial charge < -0.3 is 10.2 Å². The van der Waals surface area contributed by atoms with E-state index in [2.05, 4.69) is 27.5 Å². The van der Waals surface area contributed by atoms with Crippen LogP contribution in [0, 0.1) is 5.92 Å². The summed E-state index contributed by atoms with van der Waals surface area (Å²) < 4.78 is 1.75. The molecule has 1 aliphatic rings. The minimum atomic E-state index is -0.0335. The van der Waals surface area contributed by atoms with Crippen molar-refractivity contribution in [1.29, 1.82) is 0 Å². The van der Waals surface area contributed by atoms with Crippen LogP contribution in [0.25, 0.3) is 5.65 Å². The van der Waals surface area contributed by atoms with Crippen LogP contribution in [0.5, 0.6) is 0 Å². The van der Waals surface area contributed by atoms with Crippen LogP contribution < -0.4 is 5.32 Å². The molecular formula is C14H19N5O. The van der Waals surface area contributed by atoms with Crippen LogP contribution in [0.4, 0.5) is 0 Å². The standard InChI is InChI=1S/C14H19N5O/c1-18-6-2-3-11(8-18)7-15-14(20)12-4-5-13-17-16-10-19(13)9-12/h4-5,9-11H,2-3,6-8H2,1H3,(H,15,20). The summed E-state index contributed by atoms with van der Waals surface area (Å²) in [7, 11) is 2.13. The molecule has 1 atom stereocenters. The molecule has 0 spiro atoms. The van der Waals surface area contributed by atoms with E-state index in [-0.39, 0.29) is 5.91 Å². The fourth-order valence-corrected chi connectivity index (χ4v) is 2.74. The van der Waals surface area contributed by atoms with Crippen LogP contribution in [-0.4, -0.2) is 52.1 Å². The average molecular weight is 273 g/mol. The molecule has 1 fully saturated rings. The van der Waals surface area contributed by atoms with E-state index in [1.165, 1.54) is 12.8 Å². The number of nitrogens with zero attached hydrogens (tertiary/aromatic N) is 4. The zero-order valence-corrected chi connectivity index (χ0v) is 11.6. The SMILES string of the molecule is CN1CCCC(CNC(=O)c2ccc3nncn3c2)C1. The van der Waals surface area contributed by atoms with Gasteiger partial charge in [0, 0.05) is 19.3 Å². The highest BCUT2D eigenvalue weighted by Gasteiger charge is 2.18. The first kappa shape index (κ1) is 13.1. The maximum absolute atomic E-state index is 12.2. The Morgan fingerprint density at radius 2 is 2.40 bits per heavy atom. The van der Waals surface area contributed by atoms with Gasteiger partial charge in [-0.3, -0.25) is 9.20 Å². The van der Waals surface area contributed by atoms with Gasteiger partial charge in [0.2, 0.25) is 0 Å². The van der Waals surface area contributed by atoms with Crippen molar-refractivity contribution in [2.75, 3.05) is 26.7 Å². The number of hydrogen-bond donors (Lipinski definition) is 1. The summed E-state index contributed by atoms with van der Waals surface area (Å²) in [6, 6.07) is 3.59. The van der Waals surface area contributed by atoms with Gasteiger partial charge in [-0.25, -0.2) is 0 Å². The predicted octanol–water partition coefficient (Wildman–Crippen LogP) is 0.801. The van der Waals surface area contributed by atoms with Crippen molar-refractivity contribution >= 4 is 11.6 Å². The number of likely N-dealkylation sites (tertiary alicyclic amines) is 1. The maximum atomic E-state index is 12.2. The first-order valence-electron chi connectivity index (χ1n) is 6.98. The Morgan fingerprint density at radius 3 is 3.25 bits per heavy atom. The zero-order valence-electron chi connectivity index (χ0n) is 11.6. The summed E-state index contributed by atoms with van der Waals surface area (Å²) in [4.78, 5) is 14.5. The minimum absolute atomic E-state index is 0.0335. The van der Waals surface area contributed by atoms with Crippen LogP contribution in [0.1, 0.15) is 23.2 Å². The third-order valence-corrected chi connectivity index (χ3v) is 3.83. The molecule has 1 aliphatic heterocycles. The molecule has 1 saturated heterocycles. The van der Waals surface area contributed by atoms with Gasteiger partial charge in [0.1, 0.15) is 6.33 Å². The van der Waals surface area contributed by atoms with E-state index in [1.807, 2.05) is 0 Å². The molecule has 1 amide bonds. The number of amides is 1. The molecule has 1 unspecified atom stereocenters. The Balaban J connectivity index is 1.60. The van der Waals surface area contributed by atoms with Crippen molar-refractivity contribution in [2.24, 2.45) is 5.92 Å². The number of pyridine rings is 1. The number of nitrogens with one attached hydrogen (secondary N) is 1. The van der Waals surface area contributed by atoms with Crippen molar-refractivity contribution in [3.63, 3.8) is 0 Å². The van der Waals surface area contributed by atoms with Crippen molar-refractivity contribution < 1.29 is 4.79 Å². The van der Waals surface area contributed by atoms with E-state index in [4.69, 9.17) is 0 Å². The average Bonchev–Trinajstić information content (AvgIpc) is 2.92. The zero-order chi connectivity index (χ0) is 13.9. The summed E-state index contributed by atoms with van der Waals surface area (Å²) >= 11 is 0. The normalized spacial score (nSPS) is 20.1. The van der Waals surface area contributed by atoms with Gasteiger partial charge in [-0.1, -0.05) is 0 Å². The van der Waals surface area contributed by atoms with E-state index in [0.717, 1.165) is 25.3 Å². The molecule has 2 aromatic heterocycles. The lowest BCUT2D eigenvalue weighted by Gasteiger charge is -2.29. The Labute approximate surface area is 117 Å². The van der Waals surface area contributed by atoms with Gasteiger partial charge in [0.05, 0.1) is 5.56 Å². The highest BCUT2D eigenvalue weighted by atomic mass is 16.1. The lowest BCUT2D eigenvalue weighted by Crippen LogP contribution is -2.39. The Bertz CT molecular complexity index is 608. The van der Waals surface area contributed by atoms with E-state index >= 15 is 0 Å². The second kappa shape index (κ2) is 5.58. The number of carbonyl (C=O) groups excluding carboxylic acids is 1. The summed E-state index contributed by atoms with van der Waals surface area (Å²) in [6.07, 6.45) is 5.76. The molecule has 0 aromatic carbocycles. The molecule has 0 aliphatic carbocycles. The lowest BCUT2D eigenvalue weighted by molar-refractivity contribution is 0.0936. The van der Waals surface area contributed by atoms with Crippen LogP contribution in [-0.2, 0) is 0 Å². The smallest absolute Gasteiger partial charge is 0.252 e. The fraction of sp³-hybridized carbons (Fsp3) is 0.500. The minimum Gasteiger partial charge on any atom is -0.352 e. The van der Waals surface area contributed by atoms with Crippen molar-refractivity contribution in [1.82, 2.24) is 24.8 Å². The highest BCUT2D eigenvalue weighted by molar-refractivity contribution is 5.94. The summed E-state index contributed by atoms with van der Waals surface area (Å²) in [5.41, 5.74) is 1.39. The second-order valence-electron chi connectivity index (χ2n) is 5.49. The Hall–Kier alpha value is -1.95. The molecule has 6 nitrogen and oxygen atoms in total. The van der Waals surface area contributed by atoms with E-state index in [1.54, 1.807) is 29.1 Å². The third kappa shape index (κ3) is 2.80. The molecule has 0 radical (unpaired) electrons. The first-order valence-corrected chi connectivity index (χ1v) is 6.98. The molecule has 20 heavy (non-hydrogen) atoms. The lowest BCUT2D eigenvalue weighted by atomic mass is 9.98. The number of hydrogen-bond acceptors (Lipinski definition) is 4. The highest BCUT2D eigenvalue weighted by Crippen LogP contribution is 2.14. The number of piperidine rings is 1. The fourth-order valence-electron chi connectivity index (χ4n) is 2.74. The third-order valence-electron chi connectivity index (χ3n) is 3.83. The maximum Gasteiger partial charge on any atom is 0.252 e. The van der Waals surface area contributed by atoms with Gasteiger partial charge in [-0.2, -0.15) is 0 Å². The van der Waals surface area contributed by atoms with Gasteiger partial charge in [-0.05, 0) is 44.5 Å². The van der Waals surface area contributed by atoms with E-state index in [9.17, 15) is 4.79 Å². The monoisotopic (exact) mass is 273 g/mol. The molecule has 106 valence electrons. The number of aromatic nitrogens is 3. The van der Waals surface area contributed by atoms with Crippen molar-refractivity contribution in [3.8, 4) is 0 Å². The molecular weight excluding hydrogens is 254 g/mol. The number of carbonyl (C=O) groups is 1. The molecule has 2 aromatic rings. The van der Waals surface area contributed by atoms with Crippen LogP contribution in [0.3, 0.4) is 0 Å². The van der Waals surface area contributed by atoms with Crippen molar-refractivity contribution in [2.45, 2.75) is 12.8 Å². The largest absolute Gasteiger partial charge is 0.352 e. The summed E-state index contributed by atoms with van der Waals surface area (Å²) in [5.74, 6) is 0.519. The molecule has 6 heteroatoms. The predicted molar refractivity (Wildman–Crippen MR) is 75.5 cm³/mol. The summed E-state index contributed by atoms with van der Waals surface area (Å²) in [5, 5.41) is 10.8. The number of fused-ring (bicyclic) bond motifs is 1. The Kier molecular flexibility index (Phi) is 3.64. The second-order valence-corrected chi connectivity index (χ2v) is 5.49. The number of rotatable bonds is 3. The van der Waals surface area contributed by atoms with E-state index in [0.29, 0.717) is 11.5 Å². The quantitative estimate of drug-likeness (QED) is 0.898. The van der Waals surface area contributed by atoms with Crippen LogP contribution >= 0.6 is 0 Å². The molecule has 0 saturated carbocycles. The molecule has 3 heterocycles. The van der Waals surface area contributed by atoms with Gasteiger partial charge in [0.15, 0.2) is 5.65 Å². The molecule has 0 bridgehead atoms. The van der Waals surface area contributed by atoms with Crippen LogP contribution in [0.2, 0.25) is 0 Å². The topological polar surface area (TPSA) is 62.5 Å². The van der Waals surface area contributed by atoms with Gasteiger partial charge in [-0.15, -0.1) is 10.2 Å². The molecule has 1 N–H and O–H groups in total. The summed E-state index contributed by atoms with van der Waals surface area (Å²) in [6.45, 7) is 2.96. The van der Waals surface area contributed by atoms with Crippen LogP contribution in [0.15, 0.2) is 24.7 Å². The Morgan fingerprint density at radius 1 is 1.50 bits per heavy atom. The van der Waals surface area contributed by atoms with Gasteiger partial charge in [0.25, 0.3) is 5.91 Å². The van der Waals surface area contributed by atoms with E-state index < -0.39 is 0 Å². The van der Waals surface area contributed by atoms with Gasteiger partial charge >= 0.3 is 0 Å². The molecule has 3 rings (SSSR count). The van der Waals surface area contributed by atoms with Crippen molar-refractivity contribution in [3.05, 3.63) is 30.2 Å².